The Morgan fingerprint density at radius 1 is 1.75 bits per heavy atom. The Kier molecular flexibility index (Phi) is 4.12. The summed E-state index contributed by atoms with van der Waals surface area (Å²) in [6.45, 7) is 3.71. The monoisotopic (exact) mass is 168 g/mol. The maximum Gasteiger partial charge on any atom is 0.0722 e. The minimum absolute atomic E-state index is 0.0634. The fourth-order valence-corrected chi connectivity index (χ4v) is 0.682. The lowest BCUT2D eigenvalue weighted by atomic mass is 9.85. The normalized spacial score (nSPS) is 12.8. The summed E-state index contributed by atoms with van der Waals surface area (Å²) >= 11 is 0. The molecule has 1 unspecified atom stereocenters. The van der Waals surface area contributed by atoms with E-state index in [-0.39, 0.29) is 13.0 Å². The number of nitriles is 1. The van der Waals surface area contributed by atoms with Gasteiger partial charge in [0.1, 0.15) is 0 Å². The van der Waals surface area contributed by atoms with Crippen LogP contribution in [0.25, 0.3) is 10.4 Å². The van der Waals surface area contributed by atoms with Gasteiger partial charge in [-0.2, -0.15) is 5.26 Å². The maximum absolute atomic E-state index is 9.40. The molecule has 0 bridgehead atoms. The van der Waals surface area contributed by atoms with Gasteiger partial charge in [-0.25, -0.2) is 0 Å². The van der Waals surface area contributed by atoms with Crippen LogP contribution in [0.5, 0.6) is 0 Å². The van der Waals surface area contributed by atoms with E-state index in [0.717, 1.165) is 0 Å². The average Bonchev–Trinajstić information content (AvgIpc) is 2.01. The quantitative estimate of drug-likeness (QED) is 0.392. The molecular weight excluding hydrogens is 156 g/mol. The van der Waals surface area contributed by atoms with Gasteiger partial charge in [0.25, 0.3) is 0 Å². The van der Waals surface area contributed by atoms with E-state index in [9.17, 15) is 5.11 Å². The zero-order valence-corrected chi connectivity index (χ0v) is 7.23. The molecular formula is C7H12N4O. The van der Waals surface area contributed by atoms with Gasteiger partial charge in [0.2, 0.25) is 0 Å². The molecule has 0 aliphatic carbocycles. The summed E-state index contributed by atoms with van der Waals surface area (Å²) in [5, 5.41) is 21.1. The zero-order valence-electron chi connectivity index (χ0n) is 7.23. The number of aliphatic hydroxyl groups is 1. The van der Waals surface area contributed by atoms with Crippen molar-refractivity contribution in [3.8, 4) is 6.07 Å². The third kappa shape index (κ3) is 3.24. The van der Waals surface area contributed by atoms with Crippen LogP contribution in [0.2, 0.25) is 0 Å². The van der Waals surface area contributed by atoms with Gasteiger partial charge in [0.05, 0.1) is 18.6 Å². The lowest BCUT2D eigenvalue weighted by Gasteiger charge is -2.26. The summed E-state index contributed by atoms with van der Waals surface area (Å²) in [5.74, 6) is 0. The van der Waals surface area contributed by atoms with Crippen LogP contribution in [0, 0.1) is 16.7 Å². The van der Waals surface area contributed by atoms with E-state index in [1.165, 1.54) is 0 Å². The van der Waals surface area contributed by atoms with Crippen LogP contribution in [-0.4, -0.2) is 17.8 Å². The van der Waals surface area contributed by atoms with Gasteiger partial charge in [0, 0.05) is 11.5 Å². The smallest absolute Gasteiger partial charge is 0.0722 e. The molecule has 0 aromatic carbocycles. The molecule has 0 aromatic rings. The molecule has 0 saturated carbocycles. The molecule has 1 N–H and O–H groups in total. The summed E-state index contributed by atoms with van der Waals surface area (Å²) < 4.78 is 0. The highest BCUT2D eigenvalue weighted by Crippen LogP contribution is 2.22. The van der Waals surface area contributed by atoms with Crippen molar-refractivity contribution in [1.82, 2.24) is 0 Å². The Morgan fingerprint density at radius 2 is 2.33 bits per heavy atom. The second kappa shape index (κ2) is 4.60. The molecule has 66 valence electrons. The van der Waals surface area contributed by atoms with E-state index in [2.05, 4.69) is 10.0 Å². The van der Waals surface area contributed by atoms with E-state index in [4.69, 9.17) is 10.8 Å². The summed E-state index contributed by atoms with van der Waals surface area (Å²) in [6, 6.07) is 1.87. The first-order valence-corrected chi connectivity index (χ1v) is 3.60. The van der Waals surface area contributed by atoms with Gasteiger partial charge in [0.15, 0.2) is 0 Å². The van der Waals surface area contributed by atoms with Gasteiger partial charge in [-0.1, -0.05) is 19.0 Å². The molecule has 5 heteroatoms. The third-order valence-electron chi connectivity index (χ3n) is 1.73. The molecule has 5 nitrogen and oxygen atoms in total. The molecule has 12 heavy (non-hydrogen) atoms. The van der Waals surface area contributed by atoms with Crippen molar-refractivity contribution in [2.75, 3.05) is 6.54 Å². The Bertz CT molecular complexity index is 224. The first-order valence-electron chi connectivity index (χ1n) is 3.60. The fraction of sp³-hybridized carbons (Fsp3) is 0.857. The van der Waals surface area contributed by atoms with Gasteiger partial charge in [-0.3, -0.25) is 0 Å². The minimum atomic E-state index is -0.743. The van der Waals surface area contributed by atoms with Crippen molar-refractivity contribution < 1.29 is 5.11 Å². The van der Waals surface area contributed by atoms with Gasteiger partial charge >= 0.3 is 0 Å². The maximum atomic E-state index is 9.40. The summed E-state index contributed by atoms with van der Waals surface area (Å²) in [7, 11) is 0. The molecule has 0 radical (unpaired) electrons. The van der Waals surface area contributed by atoms with Crippen LogP contribution in [-0.2, 0) is 0 Å². The lowest BCUT2D eigenvalue weighted by Crippen LogP contribution is -2.31. The highest BCUT2D eigenvalue weighted by Gasteiger charge is 2.26. The fourth-order valence-electron chi connectivity index (χ4n) is 0.682. The first-order chi connectivity index (χ1) is 5.54. The van der Waals surface area contributed by atoms with Crippen molar-refractivity contribution in [1.29, 1.82) is 5.26 Å². The second-order valence-electron chi connectivity index (χ2n) is 3.26. The summed E-state index contributed by atoms with van der Waals surface area (Å²) in [4.78, 5) is 2.59. The van der Waals surface area contributed by atoms with Crippen molar-refractivity contribution in [3.05, 3.63) is 10.4 Å². The molecule has 0 amide bonds. The molecule has 0 heterocycles. The van der Waals surface area contributed by atoms with Crippen molar-refractivity contribution >= 4 is 0 Å². The molecule has 0 rings (SSSR count). The molecule has 0 aliphatic heterocycles. The summed E-state index contributed by atoms with van der Waals surface area (Å²) in [6.07, 6.45) is -0.679. The van der Waals surface area contributed by atoms with Crippen LogP contribution in [0.15, 0.2) is 5.11 Å². The molecule has 0 aromatic heterocycles. The van der Waals surface area contributed by atoms with E-state index in [1.54, 1.807) is 13.8 Å². The van der Waals surface area contributed by atoms with E-state index in [1.807, 2.05) is 6.07 Å². The van der Waals surface area contributed by atoms with E-state index in [0.29, 0.717) is 0 Å². The Labute approximate surface area is 71.2 Å². The van der Waals surface area contributed by atoms with Crippen molar-refractivity contribution in [2.24, 2.45) is 10.5 Å². The standard InChI is InChI=1S/C7H12N4O/c1-7(2,5-10-11-9)6(12)3-4-8/h6,12H,3,5H2,1-2H3. The van der Waals surface area contributed by atoms with Crippen LogP contribution in [0.1, 0.15) is 20.3 Å². The third-order valence-corrected chi connectivity index (χ3v) is 1.73. The van der Waals surface area contributed by atoms with Crippen LogP contribution in [0.3, 0.4) is 0 Å². The molecule has 0 fully saturated rings. The van der Waals surface area contributed by atoms with Gasteiger partial charge < -0.3 is 5.11 Å². The van der Waals surface area contributed by atoms with Crippen molar-refractivity contribution in [2.45, 2.75) is 26.4 Å². The highest BCUT2D eigenvalue weighted by molar-refractivity contribution is 4.86. The van der Waals surface area contributed by atoms with Crippen molar-refractivity contribution in [3.63, 3.8) is 0 Å². The molecule has 0 spiro atoms. The van der Waals surface area contributed by atoms with Gasteiger partial charge in [-0.15, -0.1) is 0 Å². The van der Waals surface area contributed by atoms with Gasteiger partial charge in [-0.05, 0) is 10.9 Å². The van der Waals surface area contributed by atoms with Crippen LogP contribution < -0.4 is 0 Å². The topological polar surface area (TPSA) is 92.8 Å². The predicted molar refractivity (Wildman–Crippen MR) is 44.0 cm³/mol. The minimum Gasteiger partial charge on any atom is -0.391 e. The first kappa shape index (κ1) is 10.8. The molecule has 0 saturated heterocycles. The largest absolute Gasteiger partial charge is 0.391 e. The lowest BCUT2D eigenvalue weighted by molar-refractivity contribution is 0.0604. The molecule has 0 aliphatic rings. The van der Waals surface area contributed by atoms with Crippen LogP contribution >= 0.6 is 0 Å². The van der Waals surface area contributed by atoms with E-state index >= 15 is 0 Å². The Hall–Kier alpha value is -1.24. The molecule has 1 atom stereocenters. The number of aliphatic hydroxyl groups excluding tert-OH is 1. The zero-order chi connectivity index (χ0) is 9.61. The Balaban J connectivity index is 4.18. The SMILES string of the molecule is CC(C)(CN=[N+]=[N-])C(O)CC#N. The van der Waals surface area contributed by atoms with Crippen LogP contribution in [0.4, 0.5) is 0 Å². The number of azide groups is 1. The number of hydrogen-bond acceptors (Lipinski definition) is 3. The number of rotatable bonds is 4. The Morgan fingerprint density at radius 3 is 2.75 bits per heavy atom. The van der Waals surface area contributed by atoms with E-state index < -0.39 is 11.5 Å². The number of hydrogen-bond donors (Lipinski definition) is 1. The average molecular weight is 168 g/mol. The highest BCUT2D eigenvalue weighted by atomic mass is 16.3. The second-order valence-corrected chi connectivity index (χ2v) is 3.26. The predicted octanol–water partition coefficient (Wildman–Crippen LogP) is 1.60. The summed E-state index contributed by atoms with van der Waals surface area (Å²) in [5.41, 5.74) is 7.53. The number of nitrogens with zero attached hydrogens (tertiary/aromatic N) is 4.